The maximum absolute atomic E-state index is 10.6. The van der Waals surface area contributed by atoms with Crippen LogP contribution in [0.25, 0.3) is 0 Å². The molecule has 12 heavy (non-hydrogen) atoms. The zero-order chi connectivity index (χ0) is 8.10. The third-order valence-corrected chi connectivity index (χ3v) is 1.33. The summed E-state index contributed by atoms with van der Waals surface area (Å²) < 4.78 is 0. The minimum absolute atomic E-state index is 0. The van der Waals surface area contributed by atoms with E-state index in [1.165, 1.54) is 0 Å². The summed E-state index contributed by atoms with van der Waals surface area (Å²) >= 11 is 0. The summed E-state index contributed by atoms with van der Waals surface area (Å²) in [5.74, 6) is -0.392. The quantitative estimate of drug-likeness (QED) is 0.539. The van der Waals surface area contributed by atoms with Crippen LogP contribution >= 0.6 is 12.4 Å². The molecule has 0 heterocycles. The zero-order valence-corrected chi connectivity index (χ0v) is 7.17. The van der Waals surface area contributed by atoms with Gasteiger partial charge in [0.25, 0.3) is 0 Å². The van der Waals surface area contributed by atoms with Gasteiger partial charge in [-0.15, -0.1) is 12.4 Å². The van der Waals surface area contributed by atoms with Gasteiger partial charge in [0.1, 0.15) is 0 Å². The number of halogens is 1. The SMILES string of the molecule is Cl.O=C(Cc1ccccc1)NO. The van der Waals surface area contributed by atoms with Crippen molar-refractivity contribution in [1.82, 2.24) is 5.48 Å². The van der Waals surface area contributed by atoms with Gasteiger partial charge in [0.2, 0.25) is 5.91 Å². The highest BCUT2D eigenvalue weighted by Gasteiger charge is 1.98. The Morgan fingerprint density at radius 1 is 1.33 bits per heavy atom. The van der Waals surface area contributed by atoms with Crippen LogP contribution in [0.3, 0.4) is 0 Å². The maximum atomic E-state index is 10.6. The van der Waals surface area contributed by atoms with Crippen molar-refractivity contribution >= 4 is 18.3 Å². The van der Waals surface area contributed by atoms with Crippen LogP contribution in [0.5, 0.6) is 0 Å². The molecule has 0 aliphatic carbocycles. The Morgan fingerprint density at radius 3 is 2.42 bits per heavy atom. The van der Waals surface area contributed by atoms with Crippen LogP contribution in [0.4, 0.5) is 0 Å². The Morgan fingerprint density at radius 2 is 1.92 bits per heavy atom. The number of hydrogen-bond donors (Lipinski definition) is 2. The summed E-state index contributed by atoms with van der Waals surface area (Å²) in [6.45, 7) is 0. The van der Waals surface area contributed by atoms with E-state index in [2.05, 4.69) is 0 Å². The highest BCUT2D eigenvalue weighted by molar-refractivity contribution is 5.85. The largest absolute Gasteiger partial charge is 0.289 e. The number of nitrogens with one attached hydrogen (secondary N) is 1. The lowest BCUT2D eigenvalue weighted by atomic mass is 10.1. The molecule has 0 unspecified atom stereocenters. The number of hydrogen-bond acceptors (Lipinski definition) is 2. The third-order valence-electron chi connectivity index (χ3n) is 1.33. The van der Waals surface area contributed by atoms with Crippen LogP contribution in [0.2, 0.25) is 0 Å². The van der Waals surface area contributed by atoms with Crippen molar-refractivity contribution in [2.45, 2.75) is 6.42 Å². The molecule has 0 aliphatic rings. The van der Waals surface area contributed by atoms with E-state index < -0.39 is 5.91 Å². The molecule has 0 aromatic heterocycles. The normalized spacial score (nSPS) is 8.42. The van der Waals surface area contributed by atoms with Crippen LogP contribution in [0, 0.1) is 0 Å². The van der Waals surface area contributed by atoms with Crippen LogP contribution in [0.1, 0.15) is 5.56 Å². The number of rotatable bonds is 2. The van der Waals surface area contributed by atoms with Gasteiger partial charge in [-0.3, -0.25) is 10.0 Å². The smallest absolute Gasteiger partial charge is 0.247 e. The van der Waals surface area contributed by atoms with Gasteiger partial charge >= 0.3 is 0 Å². The lowest BCUT2D eigenvalue weighted by Crippen LogP contribution is -2.20. The molecule has 0 saturated heterocycles. The molecule has 0 radical (unpaired) electrons. The fraction of sp³-hybridized carbons (Fsp3) is 0.125. The van der Waals surface area contributed by atoms with Crippen molar-refractivity contribution in [3.8, 4) is 0 Å². The second-order valence-corrected chi connectivity index (χ2v) is 2.20. The van der Waals surface area contributed by atoms with E-state index in [1.54, 1.807) is 5.48 Å². The van der Waals surface area contributed by atoms with Gasteiger partial charge in [0.05, 0.1) is 6.42 Å². The summed E-state index contributed by atoms with van der Waals surface area (Å²) in [5, 5.41) is 8.20. The van der Waals surface area contributed by atoms with E-state index in [1.807, 2.05) is 30.3 Å². The monoisotopic (exact) mass is 187 g/mol. The van der Waals surface area contributed by atoms with Gasteiger partial charge in [-0.2, -0.15) is 0 Å². The van der Waals surface area contributed by atoms with Crippen molar-refractivity contribution < 1.29 is 10.0 Å². The van der Waals surface area contributed by atoms with Gasteiger partial charge in [0.15, 0.2) is 0 Å². The second kappa shape index (κ2) is 5.57. The predicted molar refractivity (Wildman–Crippen MR) is 47.3 cm³/mol. The predicted octanol–water partition coefficient (Wildman–Crippen LogP) is 1.16. The minimum atomic E-state index is -0.392. The van der Waals surface area contributed by atoms with E-state index in [0.29, 0.717) is 0 Å². The molecule has 0 atom stereocenters. The molecular weight excluding hydrogens is 178 g/mol. The summed E-state index contributed by atoms with van der Waals surface area (Å²) in [4.78, 5) is 10.6. The molecule has 1 aromatic rings. The van der Waals surface area contributed by atoms with Crippen molar-refractivity contribution in [2.75, 3.05) is 0 Å². The summed E-state index contributed by atoms with van der Waals surface area (Å²) in [7, 11) is 0. The highest BCUT2D eigenvalue weighted by Crippen LogP contribution is 1.98. The van der Waals surface area contributed by atoms with Crippen molar-refractivity contribution in [2.24, 2.45) is 0 Å². The first kappa shape index (κ1) is 10.9. The van der Waals surface area contributed by atoms with Gasteiger partial charge in [0, 0.05) is 0 Å². The lowest BCUT2D eigenvalue weighted by molar-refractivity contribution is -0.128. The van der Waals surface area contributed by atoms with Crippen LogP contribution in [0.15, 0.2) is 30.3 Å². The Labute approximate surface area is 76.8 Å². The van der Waals surface area contributed by atoms with Crippen molar-refractivity contribution in [3.05, 3.63) is 35.9 Å². The average molecular weight is 188 g/mol. The Kier molecular flexibility index (Phi) is 5.08. The number of hydroxylamine groups is 1. The fourth-order valence-corrected chi connectivity index (χ4v) is 0.821. The molecule has 0 fully saturated rings. The number of carbonyl (C=O) groups excluding carboxylic acids is 1. The van der Waals surface area contributed by atoms with Crippen molar-refractivity contribution in [1.29, 1.82) is 0 Å². The van der Waals surface area contributed by atoms with Crippen LogP contribution in [-0.2, 0) is 11.2 Å². The van der Waals surface area contributed by atoms with E-state index in [4.69, 9.17) is 5.21 Å². The van der Waals surface area contributed by atoms with E-state index in [-0.39, 0.29) is 18.8 Å². The summed E-state index contributed by atoms with van der Waals surface area (Å²) in [5.41, 5.74) is 2.46. The standard InChI is InChI=1S/C8H9NO2.ClH/c10-8(9-11)6-7-4-2-1-3-5-7;/h1-5,11H,6H2,(H,9,10);1H. The molecule has 3 nitrogen and oxygen atoms in total. The summed E-state index contributed by atoms with van der Waals surface area (Å²) in [6.07, 6.45) is 0.220. The molecule has 0 aliphatic heterocycles. The van der Waals surface area contributed by atoms with Gasteiger partial charge < -0.3 is 0 Å². The van der Waals surface area contributed by atoms with Gasteiger partial charge in [-0.1, -0.05) is 30.3 Å². The zero-order valence-electron chi connectivity index (χ0n) is 6.36. The molecule has 0 bridgehead atoms. The highest BCUT2D eigenvalue weighted by atomic mass is 35.5. The third kappa shape index (κ3) is 3.37. The first-order chi connectivity index (χ1) is 5.33. The minimum Gasteiger partial charge on any atom is -0.289 e. The molecule has 1 amide bonds. The number of amides is 1. The molecule has 0 saturated carbocycles. The first-order valence-electron chi connectivity index (χ1n) is 3.30. The Balaban J connectivity index is 0.00000121. The van der Waals surface area contributed by atoms with E-state index in [9.17, 15) is 4.79 Å². The van der Waals surface area contributed by atoms with Gasteiger partial charge in [-0.05, 0) is 5.56 Å². The Bertz CT molecular complexity index is 238. The topological polar surface area (TPSA) is 49.3 Å². The second-order valence-electron chi connectivity index (χ2n) is 2.20. The fourth-order valence-electron chi connectivity index (χ4n) is 0.821. The van der Waals surface area contributed by atoms with Crippen LogP contribution in [-0.4, -0.2) is 11.1 Å². The summed E-state index contributed by atoms with van der Waals surface area (Å²) in [6, 6.07) is 9.23. The molecule has 4 heteroatoms. The lowest BCUT2D eigenvalue weighted by Gasteiger charge is -1.97. The molecule has 0 spiro atoms. The average Bonchev–Trinajstić information content (AvgIpc) is 2.06. The molecule has 1 rings (SSSR count). The maximum Gasteiger partial charge on any atom is 0.247 e. The van der Waals surface area contributed by atoms with Crippen molar-refractivity contribution in [3.63, 3.8) is 0 Å². The van der Waals surface area contributed by atoms with Crippen LogP contribution < -0.4 is 5.48 Å². The molecule has 1 aromatic carbocycles. The Hall–Kier alpha value is -1.06. The first-order valence-corrected chi connectivity index (χ1v) is 3.30. The van der Waals surface area contributed by atoms with E-state index in [0.717, 1.165) is 5.56 Å². The number of benzene rings is 1. The van der Waals surface area contributed by atoms with E-state index >= 15 is 0 Å². The van der Waals surface area contributed by atoms with Gasteiger partial charge in [-0.25, -0.2) is 5.48 Å². The molecule has 2 N–H and O–H groups in total. The molecular formula is C8H10ClNO2. The molecule has 66 valence electrons. The number of carbonyl (C=O) groups is 1.